The number of halogens is 1. The number of hydrogen-bond acceptors (Lipinski definition) is 2. The monoisotopic (exact) mass is 403 g/mol. The van der Waals surface area contributed by atoms with Crippen molar-refractivity contribution in [2.75, 3.05) is 5.32 Å². The summed E-state index contributed by atoms with van der Waals surface area (Å²) in [6.45, 7) is 0. The predicted octanol–water partition coefficient (Wildman–Crippen LogP) is 5.95. The molecule has 0 fully saturated rings. The maximum absolute atomic E-state index is 4.87. The van der Waals surface area contributed by atoms with Crippen LogP contribution in [0.25, 0.3) is 11.0 Å². The Morgan fingerprint density at radius 2 is 1.65 bits per heavy atom. The predicted molar refractivity (Wildman–Crippen MR) is 109 cm³/mol. The van der Waals surface area contributed by atoms with Gasteiger partial charge in [0.25, 0.3) is 0 Å². The Kier molecular flexibility index (Phi) is 3.79. The van der Waals surface area contributed by atoms with Gasteiger partial charge >= 0.3 is 0 Å². The molecule has 4 heteroatoms. The number of nitrogens with one attached hydrogen (secondary N) is 1. The highest BCUT2D eigenvalue weighted by molar-refractivity contribution is 9.10. The van der Waals surface area contributed by atoms with Gasteiger partial charge in [-0.2, -0.15) is 0 Å². The Morgan fingerprint density at radius 1 is 0.885 bits per heavy atom. The molecule has 0 saturated heterocycles. The Morgan fingerprint density at radius 3 is 2.50 bits per heavy atom. The molecule has 2 heterocycles. The molecule has 4 aromatic rings. The lowest BCUT2D eigenvalue weighted by Crippen LogP contribution is -2.27. The number of anilines is 1. The molecular formula is C22H18BrN3. The third kappa shape index (κ3) is 2.61. The lowest BCUT2D eigenvalue weighted by molar-refractivity contribution is 0.477. The molecule has 1 N–H and O–H groups in total. The van der Waals surface area contributed by atoms with Crippen molar-refractivity contribution in [1.82, 2.24) is 9.55 Å². The van der Waals surface area contributed by atoms with Crippen LogP contribution in [0.3, 0.4) is 0 Å². The largest absolute Gasteiger partial charge is 0.349 e. The fourth-order valence-corrected chi connectivity index (χ4v) is 4.33. The van der Waals surface area contributed by atoms with Crippen LogP contribution in [-0.2, 0) is 0 Å². The van der Waals surface area contributed by atoms with Crippen LogP contribution < -0.4 is 5.32 Å². The van der Waals surface area contributed by atoms with Gasteiger partial charge in [0.1, 0.15) is 0 Å². The summed E-state index contributed by atoms with van der Waals surface area (Å²) in [6, 6.07) is 28.1. The van der Waals surface area contributed by atoms with Crippen LogP contribution in [0.1, 0.15) is 29.6 Å². The third-order valence-electron chi connectivity index (χ3n) is 5.11. The second-order valence-electron chi connectivity index (χ2n) is 6.71. The minimum Gasteiger partial charge on any atom is -0.349 e. The Bertz CT molecular complexity index is 1070. The maximum atomic E-state index is 4.87. The maximum Gasteiger partial charge on any atom is 0.204 e. The van der Waals surface area contributed by atoms with E-state index in [0.29, 0.717) is 0 Å². The van der Waals surface area contributed by atoms with Crippen LogP contribution in [0.15, 0.2) is 83.3 Å². The molecule has 0 unspecified atom stereocenters. The molecule has 1 aliphatic heterocycles. The molecule has 128 valence electrons. The average molecular weight is 404 g/mol. The van der Waals surface area contributed by atoms with Crippen molar-refractivity contribution in [1.29, 1.82) is 0 Å². The standard InChI is InChI=1S/C22H18BrN3/c23-17-10-6-9-16(13-17)21-14-19(15-7-2-1-3-8-15)25-22-24-18-11-4-5-12-20(18)26(21)22/h1-13,19,21H,14H2,(H,24,25)/t19-,21+/m0/s1. The lowest BCUT2D eigenvalue weighted by atomic mass is 9.93. The van der Waals surface area contributed by atoms with Gasteiger partial charge in [-0.05, 0) is 41.8 Å². The second-order valence-corrected chi connectivity index (χ2v) is 7.62. The van der Waals surface area contributed by atoms with Gasteiger partial charge in [0.15, 0.2) is 0 Å². The number of imidazole rings is 1. The molecule has 5 rings (SSSR count). The smallest absolute Gasteiger partial charge is 0.204 e. The van der Waals surface area contributed by atoms with Gasteiger partial charge < -0.3 is 9.88 Å². The number of para-hydroxylation sites is 2. The Hall–Kier alpha value is -2.59. The lowest BCUT2D eigenvalue weighted by Gasteiger charge is -2.33. The second kappa shape index (κ2) is 6.29. The molecule has 0 amide bonds. The summed E-state index contributed by atoms with van der Waals surface area (Å²) < 4.78 is 3.45. The normalized spacial score (nSPS) is 19.1. The molecule has 2 atom stereocenters. The topological polar surface area (TPSA) is 29.9 Å². The number of hydrogen-bond donors (Lipinski definition) is 1. The van der Waals surface area contributed by atoms with Gasteiger partial charge in [-0.15, -0.1) is 0 Å². The summed E-state index contributed by atoms with van der Waals surface area (Å²) in [5, 5.41) is 3.66. The van der Waals surface area contributed by atoms with Crippen molar-refractivity contribution < 1.29 is 0 Å². The molecule has 0 spiro atoms. The van der Waals surface area contributed by atoms with E-state index < -0.39 is 0 Å². The van der Waals surface area contributed by atoms with Crippen LogP contribution in [0, 0.1) is 0 Å². The van der Waals surface area contributed by atoms with E-state index in [2.05, 4.69) is 98.6 Å². The fourth-order valence-electron chi connectivity index (χ4n) is 3.91. The summed E-state index contributed by atoms with van der Waals surface area (Å²) in [5.41, 5.74) is 4.80. The van der Waals surface area contributed by atoms with Crippen LogP contribution in [0.4, 0.5) is 5.95 Å². The number of aromatic nitrogens is 2. The van der Waals surface area contributed by atoms with E-state index in [0.717, 1.165) is 22.4 Å². The van der Waals surface area contributed by atoms with Crippen molar-refractivity contribution >= 4 is 32.9 Å². The van der Waals surface area contributed by atoms with E-state index >= 15 is 0 Å². The zero-order valence-electron chi connectivity index (χ0n) is 14.1. The van der Waals surface area contributed by atoms with Gasteiger partial charge in [0.05, 0.1) is 23.1 Å². The molecule has 0 aliphatic carbocycles. The molecule has 0 bridgehead atoms. The van der Waals surface area contributed by atoms with Crippen molar-refractivity contribution in [2.45, 2.75) is 18.5 Å². The van der Waals surface area contributed by atoms with E-state index in [1.54, 1.807) is 0 Å². The first-order valence-electron chi connectivity index (χ1n) is 8.83. The fraction of sp³-hybridized carbons (Fsp3) is 0.136. The van der Waals surface area contributed by atoms with Crippen molar-refractivity contribution in [3.05, 3.63) is 94.5 Å². The first kappa shape index (κ1) is 15.6. The molecule has 1 aromatic heterocycles. The van der Waals surface area contributed by atoms with E-state index in [4.69, 9.17) is 4.98 Å². The zero-order valence-corrected chi connectivity index (χ0v) is 15.7. The SMILES string of the molecule is Brc1cccc([C@H]2C[C@@H](c3ccccc3)Nc3nc4ccccc4n32)c1. The summed E-state index contributed by atoms with van der Waals surface area (Å²) in [6.07, 6.45) is 0.980. The minimum absolute atomic E-state index is 0.237. The van der Waals surface area contributed by atoms with Crippen molar-refractivity contribution in [3.63, 3.8) is 0 Å². The summed E-state index contributed by atoms with van der Waals surface area (Å²) in [7, 11) is 0. The van der Waals surface area contributed by atoms with Crippen molar-refractivity contribution in [3.8, 4) is 0 Å². The first-order chi connectivity index (χ1) is 12.8. The summed E-state index contributed by atoms with van der Waals surface area (Å²) >= 11 is 3.63. The van der Waals surface area contributed by atoms with Crippen molar-refractivity contribution in [2.24, 2.45) is 0 Å². The van der Waals surface area contributed by atoms with Gasteiger partial charge in [0.2, 0.25) is 5.95 Å². The molecule has 3 nitrogen and oxygen atoms in total. The van der Waals surface area contributed by atoms with Crippen LogP contribution in [0.2, 0.25) is 0 Å². The van der Waals surface area contributed by atoms with E-state index in [-0.39, 0.29) is 12.1 Å². The summed E-state index contributed by atoms with van der Waals surface area (Å²) in [4.78, 5) is 4.87. The molecular weight excluding hydrogens is 386 g/mol. The number of benzene rings is 3. The number of fused-ring (bicyclic) bond motifs is 3. The average Bonchev–Trinajstić information content (AvgIpc) is 3.06. The van der Waals surface area contributed by atoms with Crippen LogP contribution in [0.5, 0.6) is 0 Å². The third-order valence-corrected chi connectivity index (χ3v) is 5.60. The number of nitrogens with zero attached hydrogens (tertiary/aromatic N) is 2. The Balaban J connectivity index is 1.69. The molecule has 3 aromatic carbocycles. The highest BCUT2D eigenvalue weighted by Gasteiger charge is 2.30. The zero-order chi connectivity index (χ0) is 17.5. The summed E-state index contributed by atoms with van der Waals surface area (Å²) in [5.74, 6) is 0.941. The van der Waals surface area contributed by atoms with Crippen LogP contribution in [-0.4, -0.2) is 9.55 Å². The van der Waals surface area contributed by atoms with Gasteiger partial charge in [-0.3, -0.25) is 0 Å². The molecule has 0 saturated carbocycles. The molecule has 26 heavy (non-hydrogen) atoms. The molecule has 1 aliphatic rings. The van der Waals surface area contributed by atoms with E-state index in [9.17, 15) is 0 Å². The molecule has 0 radical (unpaired) electrons. The van der Waals surface area contributed by atoms with Gasteiger partial charge in [-0.25, -0.2) is 4.98 Å². The Labute approximate surface area is 160 Å². The van der Waals surface area contributed by atoms with E-state index in [1.807, 2.05) is 6.07 Å². The number of rotatable bonds is 2. The van der Waals surface area contributed by atoms with Gasteiger partial charge in [0, 0.05) is 4.47 Å². The van der Waals surface area contributed by atoms with E-state index in [1.165, 1.54) is 16.6 Å². The minimum atomic E-state index is 0.237. The highest BCUT2D eigenvalue weighted by Crippen LogP contribution is 2.41. The first-order valence-corrected chi connectivity index (χ1v) is 9.63. The highest BCUT2D eigenvalue weighted by atomic mass is 79.9. The van der Waals surface area contributed by atoms with Gasteiger partial charge in [-0.1, -0.05) is 70.5 Å². The van der Waals surface area contributed by atoms with Crippen LogP contribution >= 0.6 is 15.9 Å². The quantitative estimate of drug-likeness (QED) is 0.448.